The van der Waals surface area contributed by atoms with Crippen LogP contribution in [0.2, 0.25) is 5.02 Å². The molecule has 2 N–H and O–H groups in total. The van der Waals surface area contributed by atoms with Gasteiger partial charge in [0.15, 0.2) is 0 Å². The van der Waals surface area contributed by atoms with Gasteiger partial charge in [-0.15, -0.1) is 0 Å². The van der Waals surface area contributed by atoms with Crippen molar-refractivity contribution in [2.75, 3.05) is 6.61 Å². The van der Waals surface area contributed by atoms with Crippen LogP contribution >= 0.6 is 34.2 Å². The van der Waals surface area contributed by atoms with Gasteiger partial charge in [0.05, 0.1) is 6.61 Å². The fraction of sp³-hybridized carbons (Fsp3) is 0.250. The van der Waals surface area contributed by atoms with Crippen molar-refractivity contribution >= 4 is 34.2 Å². The van der Waals surface area contributed by atoms with E-state index in [0.29, 0.717) is 0 Å². The van der Waals surface area contributed by atoms with Crippen LogP contribution in [0.5, 0.6) is 5.75 Å². The number of hydrogen-bond donors (Lipinski definition) is 1. The Morgan fingerprint density at radius 3 is 2.95 bits per heavy atom. The maximum atomic E-state index is 6.34. The number of halogens is 2. The first kappa shape index (κ1) is 14.2. The van der Waals surface area contributed by atoms with E-state index >= 15 is 0 Å². The molecule has 0 saturated carbocycles. The van der Waals surface area contributed by atoms with E-state index in [0.717, 1.165) is 41.3 Å². The Balaban J connectivity index is 1.88. The molecule has 1 heterocycles. The normalized spacial score (nSPS) is 14.8. The quantitative estimate of drug-likeness (QED) is 0.788. The van der Waals surface area contributed by atoms with E-state index in [1.807, 2.05) is 18.2 Å². The summed E-state index contributed by atoms with van der Waals surface area (Å²) >= 11 is 8.49. The average molecular weight is 400 g/mol. The van der Waals surface area contributed by atoms with E-state index in [2.05, 4.69) is 40.8 Å². The molecule has 1 aliphatic rings. The standard InChI is InChI=1S/C16H15ClINO/c17-13-6-11-4-5-20-16(11)12(7-13)9-15(19)10-2-1-3-14(18)8-10/h1-3,6-8,15H,4-5,9,19H2. The Labute approximate surface area is 137 Å². The molecule has 1 atom stereocenters. The van der Waals surface area contributed by atoms with Crippen LogP contribution in [0.15, 0.2) is 36.4 Å². The summed E-state index contributed by atoms with van der Waals surface area (Å²) in [6.07, 6.45) is 1.67. The third-order valence-corrected chi connectivity index (χ3v) is 4.43. The summed E-state index contributed by atoms with van der Waals surface area (Å²) in [6, 6.07) is 12.2. The summed E-state index contributed by atoms with van der Waals surface area (Å²) in [7, 11) is 0. The van der Waals surface area contributed by atoms with Gasteiger partial charge in [-0.05, 0) is 70.0 Å². The molecule has 0 radical (unpaired) electrons. The zero-order valence-corrected chi connectivity index (χ0v) is 13.8. The van der Waals surface area contributed by atoms with Gasteiger partial charge < -0.3 is 10.5 Å². The Morgan fingerprint density at radius 2 is 2.15 bits per heavy atom. The van der Waals surface area contributed by atoms with Gasteiger partial charge in [-0.1, -0.05) is 23.7 Å². The molecule has 3 rings (SSSR count). The molecule has 2 aromatic carbocycles. The third-order valence-electron chi connectivity index (χ3n) is 3.54. The van der Waals surface area contributed by atoms with Crippen molar-refractivity contribution < 1.29 is 4.74 Å². The second-order valence-corrected chi connectivity index (χ2v) is 6.70. The smallest absolute Gasteiger partial charge is 0.125 e. The van der Waals surface area contributed by atoms with Gasteiger partial charge >= 0.3 is 0 Å². The van der Waals surface area contributed by atoms with E-state index in [4.69, 9.17) is 22.1 Å². The van der Waals surface area contributed by atoms with E-state index in [9.17, 15) is 0 Å². The van der Waals surface area contributed by atoms with Crippen LogP contribution in [0.4, 0.5) is 0 Å². The van der Waals surface area contributed by atoms with Gasteiger partial charge in [-0.2, -0.15) is 0 Å². The van der Waals surface area contributed by atoms with Crippen LogP contribution in [-0.2, 0) is 12.8 Å². The average Bonchev–Trinajstić information content (AvgIpc) is 2.86. The number of benzene rings is 2. The summed E-state index contributed by atoms with van der Waals surface area (Å²) < 4.78 is 6.93. The van der Waals surface area contributed by atoms with Crippen LogP contribution in [0.1, 0.15) is 22.7 Å². The summed E-state index contributed by atoms with van der Waals surface area (Å²) in [5, 5.41) is 0.763. The van der Waals surface area contributed by atoms with Gasteiger partial charge in [0.1, 0.15) is 5.75 Å². The molecule has 0 bridgehead atoms. The zero-order chi connectivity index (χ0) is 14.1. The van der Waals surface area contributed by atoms with Crippen molar-refractivity contribution in [1.29, 1.82) is 0 Å². The Hall–Kier alpha value is -0.780. The SMILES string of the molecule is NC(Cc1cc(Cl)cc2c1OCC2)c1cccc(I)c1. The fourth-order valence-electron chi connectivity index (χ4n) is 2.59. The molecule has 104 valence electrons. The minimum atomic E-state index is -0.0449. The maximum absolute atomic E-state index is 6.34. The van der Waals surface area contributed by atoms with Crippen LogP contribution in [-0.4, -0.2) is 6.61 Å². The highest BCUT2D eigenvalue weighted by Crippen LogP contribution is 2.35. The molecular weight excluding hydrogens is 385 g/mol. The lowest BCUT2D eigenvalue weighted by Crippen LogP contribution is -2.14. The minimum Gasteiger partial charge on any atom is -0.493 e. The summed E-state index contributed by atoms with van der Waals surface area (Å²) in [4.78, 5) is 0. The topological polar surface area (TPSA) is 35.2 Å². The highest BCUT2D eigenvalue weighted by molar-refractivity contribution is 14.1. The number of nitrogens with two attached hydrogens (primary N) is 1. The second kappa shape index (κ2) is 5.92. The van der Waals surface area contributed by atoms with Gasteiger partial charge in [0.25, 0.3) is 0 Å². The number of ether oxygens (including phenoxy) is 1. The molecule has 2 nitrogen and oxygen atoms in total. The van der Waals surface area contributed by atoms with E-state index < -0.39 is 0 Å². The predicted molar refractivity (Wildman–Crippen MR) is 90.4 cm³/mol. The van der Waals surface area contributed by atoms with Crippen molar-refractivity contribution in [2.45, 2.75) is 18.9 Å². The summed E-state index contributed by atoms with van der Waals surface area (Å²) in [6.45, 7) is 0.737. The first-order chi connectivity index (χ1) is 9.63. The van der Waals surface area contributed by atoms with Crippen molar-refractivity contribution in [1.82, 2.24) is 0 Å². The molecule has 0 aromatic heterocycles. The van der Waals surface area contributed by atoms with Crippen molar-refractivity contribution in [2.24, 2.45) is 5.73 Å². The first-order valence-corrected chi connectivity index (χ1v) is 8.04. The Morgan fingerprint density at radius 1 is 1.30 bits per heavy atom. The molecule has 0 spiro atoms. The highest BCUT2D eigenvalue weighted by Gasteiger charge is 2.19. The summed E-state index contributed by atoms with van der Waals surface area (Å²) in [5.74, 6) is 0.982. The predicted octanol–water partition coefficient (Wildman–Crippen LogP) is 4.12. The molecule has 0 aliphatic carbocycles. The fourth-order valence-corrected chi connectivity index (χ4v) is 3.42. The maximum Gasteiger partial charge on any atom is 0.125 e. The number of hydrogen-bond acceptors (Lipinski definition) is 2. The monoisotopic (exact) mass is 399 g/mol. The molecule has 4 heteroatoms. The third kappa shape index (κ3) is 2.95. The molecule has 0 fully saturated rings. The number of fused-ring (bicyclic) bond motifs is 1. The van der Waals surface area contributed by atoms with E-state index in [1.165, 1.54) is 9.13 Å². The largest absolute Gasteiger partial charge is 0.493 e. The van der Waals surface area contributed by atoms with Crippen LogP contribution in [0.25, 0.3) is 0 Å². The van der Waals surface area contributed by atoms with Crippen molar-refractivity contribution in [3.05, 3.63) is 61.7 Å². The molecule has 2 aromatic rings. The molecule has 20 heavy (non-hydrogen) atoms. The lowest BCUT2D eigenvalue weighted by atomic mass is 9.97. The van der Waals surface area contributed by atoms with Gasteiger partial charge in [0.2, 0.25) is 0 Å². The van der Waals surface area contributed by atoms with Crippen LogP contribution < -0.4 is 10.5 Å². The lowest BCUT2D eigenvalue weighted by molar-refractivity contribution is 0.352. The lowest BCUT2D eigenvalue weighted by Gasteiger charge is -2.15. The van der Waals surface area contributed by atoms with Crippen molar-refractivity contribution in [3.63, 3.8) is 0 Å². The van der Waals surface area contributed by atoms with E-state index in [1.54, 1.807) is 0 Å². The van der Waals surface area contributed by atoms with Crippen molar-refractivity contribution in [3.8, 4) is 5.75 Å². The van der Waals surface area contributed by atoms with Crippen LogP contribution in [0, 0.1) is 3.57 Å². The highest BCUT2D eigenvalue weighted by atomic mass is 127. The molecule has 0 amide bonds. The molecule has 1 aliphatic heterocycles. The Kier molecular flexibility index (Phi) is 4.19. The molecule has 0 saturated heterocycles. The Bertz CT molecular complexity index is 644. The first-order valence-electron chi connectivity index (χ1n) is 6.58. The van der Waals surface area contributed by atoms with Gasteiger partial charge in [-0.25, -0.2) is 0 Å². The summed E-state index contributed by atoms with van der Waals surface area (Å²) in [5.41, 5.74) is 9.78. The molecular formula is C16H15ClINO. The second-order valence-electron chi connectivity index (χ2n) is 5.02. The zero-order valence-electron chi connectivity index (χ0n) is 10.9. The van der Waals surface area contributed by atoms with E-state index in [-0.39, 0.29) is 6.04 Å². The van der Waals surface area contributed by atoms with Gasteiger partial charge in [0, 0.05) is 21.1 Å². The molecule has 1 unspecified atom stereocenters. The number of rotatable bonds is 3. The minimum absolute atomic E-state index is 0.0449. The van der Waals surface area contributed by atoms with Crippen LogP contribution in [0.3, 0.4) is 0 Å². The van der Waals surface area contributed by atoms with Gasteiger partial charge in [-0.3, -0.25) is 0 Å².